The summed E-state index contributed by atoms with van der Waals surface area (Å²) in [5, 5.41) is 2.46. The molecule has 1 N–H and O–H groups in total. The van der Waals surface area contributed by atoms with Gasteiger partial charge in [-0.2, -0.15) is 0 Å². The van der Waals surface area contributed by atoms with Crippen molar-refractivity contribution in [2.75, 3.05) is 13.2 Å². The van der Waals surface area contributed by atoms with E-state index in [1.54, 1.807) is 0 Å². The lowest BCUT2D eigenvalue weighted by molar-refractivity contribution is 0.178. The molecule has 0 saturated carbocycles. The standard InChI is InChI=1S/C3H5NO2.N3/c5-3-4-1-2-6-3;1-3-2/h1-2H2,(H,4,5);/q;-1. The largest absolute Gasteiger partial charge is 0.448 e. The van der Waals surface area contributed by atoms with Gasteiger partial charge in [-0.3, -0.25) is 4.91 Å². The van der Waals surface area contributed by atoms with Crippen LogP contribution in [0.1, 0.15) is 0 Å². The molecule has 1 rings (SSSR count). The molecule has 0 bridgehead atoms. The zero-order valence-corrected chi connectivity index (χ0v) is 4.57. The van der Waals surface area contributed by atoms with Gasteiger partial charge >= 0.3 is 6.09 Å². The molecule has 0 spiro atoms. The maximum Gasteiger partial charge on any atom is 0.407 e. The molecule has 1 saturated heterocycles. The van der Waals surface area contributed by atoms with E-state index < -0.39 is 0 Å². The van der Waals surface area contributed by atoms with Crippen LogP contribution < -0.4 is 5.32 Å². The number of nitrogens with one attached hydrogen (secondary N) is 1. The second-order valence-corrected chi connectivity index (χ2v) is 1.15. The second kappa shape index (κ2) is 4.73. The highest BCUT2D eigenvalue weighted by Crippen LogP contribution is 1.82. The van der Waals surface area contributed by atoms with Gasteiger partial charge in [0.05, 0.1) is 6.54 Å². The molecule has 1 amide bonds. The van der Waals surface area contributed by atoms with Gasteiger partial charge in [-0.1, -0.05) is 0 Å². The first-order valence-corrected chi connectivity index (χ1v) is 2.20. The Hall–Kier alpha value is -1.42. The summed E-state index contributed by atoms with van der Waals surface area (Å²) in [6.45, 7) is 1.19. The van der Waals surface area contributed by atoms with Crippen LogP contribution in [0.3, 0.4) is 0 Å². The van der Waals surface area contributed by atoms with Gasteiger partial charge in [0.2, 0.25) is 0 Å². The van der Waals surface area contributed by atoms with E-state index >= 15 is 0 Å². The predicted molar refractivity (Wildman–Crippen MR) is 29.4 cm³/mol. The molecule has 0 unspecified atom stereocenters. The number of ether oxygens (including phenoxy) is 1. The van der Waals surface area contributed by atoms with Crippen molar-refractivity contribution < 1.29 is 9.53 Å². The molecule has 1 heterocycles. The molecule has 1 aliphatic heterocycles. The average Bonchev–Trinajstić information content (AvgIpc) is 2.20. The number of amides is 1. The summed E-state index contributed by atoms with van der Waals surface area (Å²) in [7, 11) is 0. The van der Waals surface area contributed by atoms with Gasteiger partial charge in [-0.15, -0.1) is 0 Å². The zero-order valence-electron chi connectivity index (χ0n) is 4.57. The van der Waals surface area contributed by atoms with E-state index in [2.05, 4.69) is 10.1 Å². The first-order valence-electron chi connectivity index (χ1n) is 2.20. The number of carbonyl (C=O) groups excluding carboxylic acids is 1. The fourth-order valence-electron chi connectivity index (χ4n) is 0.348. The van der Waals surface area contributed by atoms with Gasteiger partial charge in [0.25, 0.3) is 0 Å². The number of hydrogen-bond acceptors (Lipinski definition) is 2. The first-order chi connectivity index (χ1) is 4.31. The van der Waals surface area contributed by atoms with Crippen LogP contribution >= 0.6 is 0 Å². The number of alkyl carbamates (subject to hydrolysis) is 1. The Morgan fingerprint density at radius 1 is 1.67 bits per heavy atom. The molecule has 0 aliphatic carbocycles. The average molecular weight is 129 g/mol. The maximum absolute atomic E-state index is 9.91. The molecule has 50 valence electrons. The second-order valence-electron chi connectivity index (χ2n) is 1.15. The Morgan fingerprint density at radius 2 is 2.22 bits per heavy atom. The topological polar surface area (TPSA) is 97.0 Å². The van der Waals surface area contributed by atoms with Crippen LogP contribution in [0, 0.1) is 0 Å². The molecular formula is C3H5N4O2-. The summed E-state index contributed by atoms with van der Waals surface area (Å²) in [5.74, 6) is 0. The molecule has 1 aliphatic rings. The van der Waals surface area contributed by atoms with Gasteiger partial charge in [-0.05, 0) is 0 Å². The van der Waals surface area contributed by atoms with Crippen molar-refractivity contribution >= 4 is 6.09 Å². The van der Waals surface area contributed by atoms with E-state index in [-0.39, 0.29) is 6.09 Å². The highest BCUT2D eigenvalue weighted by atomic mass is 16.6. The van der Waals surface area contributed by atoms with Crippen LogP contribution in [-0.4, -0.2) is 19.2 Å². The molecule has 0 aromatic rings. The van der Waals surface area contributed by atoms with Crippen LogP contribution in [-0.2, 0) is 4.74 Å². The molecular weight excluding hydrogens is 124 g/mol. The zero-order chi connectivity index (χ0) is 7.11. The minimum atomic E-state index is -0.296. The van der Waals surface area contributed by atoms with Crippen LogP contribution in [0.2, 0.25) is 0 Å². The number of rotatable bonds is 0. The quantitative estimate of drug-likeness (QED) is 0.294. The predicted octanol–water partition coefficient (Wildman–Crippen LogP) is 0.592. The minimum absolute atomic E-state index is 0.296. The fraction of sp³-hybridized carbons (Fsp3) is 0.667. The summed E-state index contributed by atoms with van der Waals surface area (Å²) in [6.07, 6.45) is -0.296. The minimum Gasteiger partial charge on any atom is -0.448 e. The van der Waals surface area contributed by atoms with Gasteiger partial charge in [0.15, 0.2) is 0 Å². The summed E-state index contributed by atoms with van der Waals surface area (Å²) < 4.78 is 4.40. The van der Waals surface area contributed by atoms with Crippen LogP contribution in [0.4, 0.5) is 4.79 Å². The van der Waals surface area contributed by atoms with E-state index in [1.165, 1.54) is 4.91 Å². The van der Waals surface area contributed by atoms with Crippen LogP contribution in [0.5, 0.6) is 0 Å². The van der Waals surface area contributed by atoms with Crippen molar-refractivity contribution in [3.8, 4) is 0 Å². The van der Waals surface area contributed by atoms with Crippen molar-refractivity contribution in [3.05, 3.63) is 16.0 Å². The van der Waals surface area contributed by atoms with Gasteiger partial charge < -0.3 is 21.1 Å². The Labute approximate surface area is 51.2 Å². The summed E-state index contributed by atoms with van der Waals surface area (Å²) in [5.41, 5.74) is 13.5. The van der Waals surface area contributed by atoms with E-state index in [0.29, 0.717) is 13.2 Å². The molecule has 9 heavy (non-hydrogen) atoms. The van der Waals surface area contributed by atoms with Gasteiger partial charge in [0, 0.05) is 0 Å². The maximum atomic E-state index is 9.91. The third-order valence-electron chi connectivity index (χ3n) is 0.605. The normalized spacial score (nSPS) is 14.0. The summed E-state index contributed by atoms with van der Waals surface area (Å²) in [6, 6.07) is 0. The van der Waals surface area contributed by atoms with Crippen molar-refractivity contribution in [3.63, 3.8) is 0 Å². The molecule has 0 aromatic heterocycles. The van der Waals surface area contributed by atoms with Crippen LogP contribution in [0.15, 0.2) is 0 Å². The Balaban J connectivity index is 0.000000187. The first kappa shape index (κ1) is 7.58. The SMILES string of the molecule is O=C1NCCO1.[N-]=[N+]=[N-]. The van der Waals surface area contributed by atoms with E-state index in [1.807, 2.05) is 0 Å². The number of carbonyl (C=O) groups is 1. The number of hydrogen-bond donors (Lipinski definition) is 1. The highest BCUT2D eigenvalue weighted by molar-refractivity contribution is 5.68. The lowest BCUT2D eigenvalue weighted by Gasteiger charge is -1.80. The van der Waals surface area contributed by atoms with Crippen molar-refractivity contribution in [1.82, 2.24) is 5.32 Å². The lowest BCUT2D eigenvalue weighted by Crippen LogP contribution is -2.11. The molecule has 6 nitrogen and oxygen atoms in total. The highest BCUT2D eigenvalue weighted by Gasteiger charge is 2.06. The number of cyclic esters (lactones) is 1. The van der Waals surface area contributed by atoms with Gasteiger partial charge in [-0.25, -0.2) is 4.79 Å². The Kier molecular flexibility index (Phi) is 3.99. The van der Waals surface area contributed by atoms with E-state index in [0.717, 1.165) is 0 Å². The summed E-state index contributed by atoms with van der Waals surface area (Å²) in [4.78, 5) is 11.4. The van der Waals surface area contributed by atoms with Crippen molar-refractivity contribution in [1.29, 1.82) is 0 Å². The third-order valence-corrected chi connectivity index (χ3v) is 0.605. The van der Waals surface area contributed by atoms with Crippen molar-refractivity contribution in [2.45, 2.75) is 0 Å². The Bertz CT molecular complexity index is 120. The number of nitrogens with zero attached hydrogens (tertiary/aromatic N) is 3. The smallest absolute Gasteiger partial charge is 0.407 e. The molecule has 1 fully saturated rings. The van der Waals surface area contributed by atoms with Gasteiger partial charge in [0.1, 0.15) is 6.61 Å². The van der Waals surface area contributed by atoms with E-state index in [4.69, 9.17) is 11.1 Å². The Morgan fingerprint density at radius 3 is 2.33 bits per heavy atom. The van der Waals surface area contributed by atoms with E-state index in [9.17, 15) is 4.79 Å². The van der Waals surface area contributed by atoms with Crippen LogP contribution in [0.25, 0.3) is 16.0 Å². The fourth-order valence-corrected chi connectivity index (χ4v) is 0.348. The molecule has 0 atom stereocenters. The summed E-state index contributed by atoms with van der Waals surface area (Å²) >= 11 is 0. The monoisotopic (exact) mass is 129 g/mol. The third kappa shape index (κ3) is 4.43. The lowest BCUT2D eigenvalue weighted by atomic mass is 10.7. The molecule has 0 aromatic carbocycles. The van der Waals surface area contributed by atoms with Crippen molar-refractivity contribution in [2.24, 2.45) is 0 Å². The molecule has 0 radical (unpaired) electrons. The molecule has 6 heteroatoms.